The van der Waals surface area contributed by atoms with Gasteiger partial charge in [0.2, 0.25) is 0 Å². The molecular formula is C11H7ClIN. The van der Waals surface area contributed by atoms with E-state index in [1.807, 2.05) is 36.4 Å². The third-order valence-corrected chi connectivity index (χ3v) is 2.81. The van der Waals surface area contributed by atoms with Crippen LogP contribution in [0.2, 0.25) is 5.02 Å². The Bertz CT molecular complexity index is 442. The van der Waals surface area contributed by atoms with Gasteiger partial charge in [0.05, 0.1) is 5.02 Å². The van der Waals surface area contributed by atoms with Crippen LogP contribution in [-0.4, -0.2) is 4.98 Å². The van der Waals surface area contributed by atoms with Crippen LogP contribution in [0.15, 0.2) is 42.6 Å². The van der Waals surface area contributed by atoms with Crippen molar-refractivity contribution < 1.29 is 0 Å². The molecule has 0 spiro atoms. The van der Waals surface area contributed by atoms with Crippen LogP contribution in [0.1, 0.15) is 0 Å². The van der Waals surface area contributed by atoms with Gasteiger partial charge in [0.25, 0.3) is 0 Å². The summed E-state index contributed by atoms with van der Waals surface area (Å²) in [6.07, 6.45) is 1.80. The molecule has 0 N–H and O–H groups in total. The Morgan fingerprint density at radius 2 is 1.86 bits per heavy atom. The number of hydrogen-bond acceptors (Lipinski definition) is 1. The summed E-state index contributed by atoms with van der Waals surface area (Å²) in [5.74, 6) is 0. The summed E-state index contributed by atoms with van der Waals surface area (Å²) in [5.41, 5.74) is 2.08. The second-order valence-corrected chi connectivity index (χ2v) is 4.37. The number of hydrogen-bond donors (Lipinski definition) is 0. The van der Waals surface area contributed by atoms with Crippen LogP contribution in [0.5, 0.6) is 0 Å². The molecule has 14 heavy (non-hydrogen) atoms. The van der Waals surface area contributed by atoms with Gasteiger partial charge in [-0.25, -0.2) is 4.98 Å². The summed E-state index contributed by atoms with van der Waals surface area (Å²) in [5, 5.41) is 0.746. The highest BCUT2D eigenvalue weighted by atomic mass is 127. The van der Waals surface area contributed by atoms with Gasteiger partial charge in [0.1, 0.15) is 3.70 Å². The van der Waals surface area contributed by atoms with Crippen molar-refractivity contribution in [3.8, 4) is 11.1 Å². The number of pyridine rings is 1. The number of rotatable bonds is 1. The predicted molar refractivity (Wildman–Crippen MR) is 67.4 cm³/mol. The van der Waals surface area contributed by atoms with E-state index < -0.39 is 0 Å². The lowest BCUT2D eigenvalue weighted by Crippen LogP contribution is -1.84. The van der Waals surface area contributed by atoms with E-state index in [-0.39, 0.29) is 0 Å². The smallest absolute Gasteiger partial charge is 0.102 e. The minimum absolute atomic E-state index is 0.746. The zero-order valence-electron chi connectivity index (χ0n) is 7.24. The maximum atomic E-state index is 6.12. The lowest BCUT2D eigenvalue weighted by molar-refractivity contribution is 1.27. The van der Waals surface area contributed by atoms with Crippen molar-refractivity contribution in [3.05, 3.63) is 51.3 Å². The van der Waals surface area contributed by atoms with E-state index in [4.69, 9.17) is 11.6 Å². The van der Waals surface area contributed by atoms with Gasteiger partial charge in [0, 0.05) is 11.8 Å². The predicted octanol–water partition coefficient (Wildman–Crippen LogP) is 4.01. The van der Waals surface area contributed by atoms with Crippen LogP contribution < -0.4 is 0 Å². The average molecular weight is 316 g/mol. The van der Waals surface area contributed by atoms with Gasteiger partial charge in [0.15, 0.2) is 0 Å². The molecule has 1 heterocycles. The number of aromatic nitrogens is 1. The van der Waals surface area contributed by atoms with Crippen LogP contribution >= 0.6 is 34.2 Å². The van der Waals surface area contributed by atoms with Gasteiger partial charge in [-0.1, -0.05) is 41.9 Å². The highest BCUT2D eigenvalue weighted by molar-refractivity contribution is 14.1. The van der Waals surface area contributed by atoms with Gasteiger partial charge in [-0.2, -0.15) is 0 Å². The summed E-state index contributed by atoms with van der Waals surface area (Å²) in [6.45, 7) is 0. The van der Waals surface area contributed by atoms with Crippen molar-refractivity contribution in [2.75, 3.05) is 0 Å². The molecule has 1 nitrogen and oxygen atoms in total. The molecule has 0 bridgehead atoms. The molecule has 0 saturated carbocycles. The van der Waals surface area contributed by atoms with E-state index in [9.17, 15) is 0 Å². The molecule has 3 heteroatoms. The molecule has 2 aromatic rings. The van der Waals surface area contributed by atoms with Crippen LogP contribution in [0.3, 0.4) is 0 Å². The average Bonchev–Trinajstić information content (AvgIpc) is 2.19. The molecule has 0 fully saturated rings. The van der Waals surface area contributed by atoms with Crippen LogP contribution in [0.25, 0.3) is 11.1 Å². The quantitative estimate of drug-likeness (QED) is 0.572. The third-order valence-electron chi connectivity index (χ3n) is 1.90. The van der Waals surface area contributed by atoms with Gasteiger partial charge < -0.3 is 0 Å². The molecule has 0 amide bonds. The maximum Gasteiger partial charge on any atom is 0.102 e. The van der Waals surface area contributed by atoms with Crippen molar-refractivity contribution in [1.82, 2.24) is 4.98 Å². The van der Waals surface area contributed by atoms with Gasteiger partial charge >= 0.3 is 0 Å². The highest BCUT2D eigenvalue weighted by Gasteiger charge is 2.03. The van der Waals surface area contributed by atoms with E-state index in [1.165, 1.54) is 0 Å². The minimum atomic E-state index is 0.746. The Morgan fingerprint density at radius 1 is 1.14 bits per heavy atom. The SMILES string of the molecule is Clc1cc(I)ncc1-c1ccccc1. The molecule has 0 aliphatic heterocycles. The molecule has 1 aromatic heterocycles. The lowest BCUT2D eigenvalue weighted by Gasteiger charge is -2.03. The Kier molecular flexibility index (Phi) is 3.03. The van der Waals surface area contributed by atoms with Gasteiger partial charge in [-0.15, -0.1) is 0 Å². The maximum absolute atomic E-state index is 6.12. The fourth-order valence-corrected chi connectivity index (χ4v) is 2.13. The molecule has 0 saturated heterocycles. The zero-order chi connectivity index (χ0) is 9.97. The summed E-state index contributed by atoms with van der Waals surface area (Å²) >= 11 is 8.27. The fraction of sp³-hybridized carbons (Fsp3) is 0. The van der Waals surface area contributed by atoms with Gasteiger partial charge in [-0.3, -0.25) is 0 Å². The molecule has 0 aliphatic carbocycles. The third kappa shape index (κ3) is 2.07. The van der Waals surface area contributed by atoms with Crippen molar-refractivity contribution in [2.45, 2.75) is 0 Å². The summed E-state index contributed by atoms with van der Waals surface area (Å²) in [4.78, 5) is 4.22. The Balaban J connectivity index is 2.53. The summed E-state index contributed by atoms with van der Waals surface area (Å²) in [6, 6.07) is 11.9. The Morgan fingerprint density at radius 3 is 2.50 bits per heavy atom. The summed E-state index contributed by atoms with van der Waals surface area (Å²) < 4.78 is 0.910. The first-order valence-corrected chi connectivity index (χ1v) is 5.59. The summed E-state index contributed by atoms with van der Waals surface area (Å²) in [7, 11) is 0. The number of nitrogens with zero attached hydrogens (tertiary/aromatic N) is 1. The standard InChI is InChI=1S/C11H7ClIN/c12-10-6-11(13)14-7-9(10)8-4-2-1-3-5-8/h1-7H. The van der Waals surface area contributed by atoms with Crippen molar-refractivity contribution in [3.63, 3.8) is 0 Å². The largest absolute Gasteiger partial charge is 0.250 e. The molecule has 0 aliphatic rings. The van der Waals surface area contributed by atoms with E-state index >= 15 is 0 Å². The zero-order valence-corrected chi connectivity index (χ0v) is 10.2. The number of halogens is 2. The Labute approximate surface area is 101 Å². The number of benzene rings is 1. The topological polar surface area (TPSA) is 12.9 Å². The van der Waals surface area contributed by atoms with E-state index in [1.54, 1.807) is 6.20 Å². The van der Waals surface area contributed by atoms with Gasteiger partial charge in [-0.05, 0) is 34.2 Å². The molecule has 1 aromatic carbocycles. The molecule has 0 unspecified atom stereocenters. The van der Waals surface area contributed by atoms with Crippen LogP contribution in [-0.2, 0) is 0 Å². The second kappa shape index (κ2) is 4.28. The first kappa shape index (κ1) is 9.93. The van der Waals surface area contributed by atoms with Crippen molar-refractivity contribution >= 4 is 34.2 Å². The fourth-order valence-electron chi connectivity index (χ4n) is 1.24. The van der Waals surface area contributed by atoms with Crippen molar-refractivity contribution in [1.29, 1.82) is 0 Å². The lowest BCUT2D eigenvalue weighted by atomic mass is 10.1. The van der Waals surface area contributed by atoms with Crippen molar-refractivity contribution in [2.24, 2.45) is 0 Å². The molecular weight excluding hydrogens is 308 g/mol. The van der Waals surface area contributed by atoms with Crippen LogP contribution in [0.4, 0.5) is 0 Å². The first-order valence-electron chi connectivity index (χ1n) is 4.14. The first-order chi connectivity index (χ1) is 6.77. The van der Waals surface area contributed by atoms with E-state index in [0.717, 1.165) is 19.9 Å². The monoisotopic (exact) mass is 315 g/mol. The molecule has 0 radical (unpaired) electrons. The Hall–Kier alpha value is -0.610. The molecule has 70 valence electrons. The second-order valence-electron chi connectivity index (χ2n) is 2.85. The van der Waals surface area contributed by atoms with Crippen LogP contribution in [0, 0.1) is 3.70 Å². The van der Waals surface area contributed by atoms with E-state index in [0.29, 0.717) is 0 Å². The molecule has 0 atom stereocenters. The minimum Gasteiger partial charge on any atom is -0.250 e. The molecule has 2 rings (SSSR count). The normalized spacial score (nSPS) is 10.1. The van der Waals surface area contributed by atoms with E-state index in [2.05, 4.69) is 27.6 Å². The highest BCUT2D eigenvalue weighted by Crippen LogP contribution is 2.27.